The highest BCUT2D eigenvalue weighted by Gasteiger charge is 2.45. The molecule has 2 aromatic rings. The van der Waals surface area contributed by atoms with Crippen molar-refractivity contribution in [3.05, 3.63) is 52.2 Å². The van der Waals surface area contributed by atoms with Crippen LogP contribution in [0.5, 0.6) is 0 Å². The molecule has 1 aromatic heterocycles. The van der Waals surface area contributed by atoms with Gasteiger partial charge in [0, 0.05) is 10.6 Å². The zero-order chi connectivity index (χ0) is 19.6. The maximum absolute atomic E-state index is 12.4. The van der Waals surface area contributed by atoms with E-state index in [-0.39, 0.29) is 6.54 Å². The van der Waals surface area contributed by atoms with Crippen molar-refractivity contribution in [2.45, 2.75) is 26.3 Å². The van der Waals surface area contributed by atoms with E-state index < -0.39 is 30.3 Å². The zero-order valence-corrected chi connectivity index (χ0v) is 15.8. The largest absolute Gasteiger partial charge is 0.335 e. The molecule has 2 heterocycles. The van der Waals surface area contributed by atoms with Gasteiger partial charge >= 0.3 is 17.8 Å². The topological polar surface area (TPSA) is 86.8 Å². The summed E-state index contributed by atoms with van der Waals surface area (Å²) in [5.74, 6) is -2.07. The lowest BCUT2D eigenvalue weighted by Crippen LogP contribution is -2.38. The summed E-state index contributed by atoms with van der Waals surface area (Å²) in [6.45, 7) is 3.65. The number of imide groups is 2. The molecule has 5 amide bonds. The number of carbonyl (C=O) groups is 4. The third-order valence-electron chi connectivity index (χ3n) is 4.19. The molecule has 0 aliphatic carbocycles. The average molecular weight is 385 g/mol. The fourth-order valence-electron chi connectivity index (χ4n) is 2.68. The maximum atomic E-state index is 12.4. The van der Waals surface area contributed by atoms with Crippen molar-refractivity contribution in [1.82, 2.24) is 9.80 Å². The first-order valence-electron chi connectivity index (χ1n) is 8.46. The van der Waals surface area contributed by atoms with E-state index >= 15 is 0 Å². The van der Waals surface area contributed by atoms with Crippen molar-refractivity contribution in [2.24, 2.45) is 0 Å². The van der Waals surface area contributed by atoms with Gasteiger partial charge in [0.1, 0.15) is 6.54 Å². The van der Waals surface area contributed by atoms with Crippen LogP contribution in [0.3, 0.4) is 0 Å². The Morgan fingerprint density at radius 1 is 1.04 bits per heavy atom. The molecule has 3 rings (SSSR count). The van der Waals surface area contributed by atoms with Gasteiger partial charge in [-0.05, 0) is 35.1 Å². The Balaban J connectivity index is 1.63. The first-order chi connectivity index (χ1) is 12.9. The van der Waals surface area contributed by atoms with Gasteiger partial charge in [-0.3, -0.25) is 19.3 Å². The Hall–Kier alpha value is -3.00. The number of nitrogens with zero attached hydrogens (tertiary/aromatic N) is 2. The Morgan fingerprint density at radius 3 is 2.30 bits per heavy atom. The summed E-state index contributed by atoms with van der Waals surface area (Å²) in [5, 5.41) is 4.46. The van der Waals surface area contributed by atoms with E-state index in [2.05, 4.69) is 19.2 Å². The second-order valence-electron chi connectivity index (χ2n) is 6.47. The van der Waals surface area contributed by atoms with E-state index in [1.807, 2.05) is 17.5 Å². The third kappa shape index (κ3) is 4.06. The average Bonchev–Trinajstić information content (AvgIpc) is 3.21. The molecule has 0 radical (unpaired) electrons. The lowest BCUT2D eigenvalue weighted by atomic mass is 10.0. The van der Waals surface area contributed by atoms with Crippen LogP contribution in [0, 0.1) is 0 Å². The lowest BCUT2D eigenvalue weighted by molar-refractivity contribution is -0.143. The van der Waals surface area contributed by atoms with Crippen LogP contribution in [-0.4, -0.2) is 40.1 Å². The third-order valence-corrected chi connectivity index (χ3v) is 5.05. The summed E-state index contributed by atoms with van der Waals surface area (Å²) in [5.41, 5.74) is 1.69. The molecule has 27 heavy (non-hydrogen) atoms. The normalized spacial score (nSPS) is 14.4. The minimum absolute atomic E-state index is 0.0237. The number of hydrogen-bond acceptors (Lipinski definition) is 5. The number of thiophene rings is 1. The van der Waals surface area contributed by atoms with E-state index in [4.69, 9.17) is 0 Å². The van der Waals surface area contributed by atoms with Crippen LogP contribution >= 0.6 is 11.3 Å². The molecule has 0 unspecified atom stereocenters. The van der Waals surface area contributed by atoms with E-state index in [1.165, 1.54) is 11.3 Å². The Bertz CT molecular complexity index is 875. The van der Waals surface area contributed by atoms with Crippen LogP contribution in [0.2, 0.25) is 0 Å². The van der Waals surface area contributed by atoms with E-state index in [1.54, 1.807) is 24.3 Å². The molecule has 1 fully saturated rings. The van der Waals surface area contributed by atoms with E-state index in [9.17, 15) is 19.2 Å². The highest BCUT2D eigenvalue weighted by Crippen LogP contribution is 2.20. The quantitative estimate of drug-likeness (QED) is 0.612. The molecule has 1 aliphatic heterocycles. The second-order valence-corrected chi connectivity index (χ2v) is 7.50. The van der Waals surface area contributed by atoms with Crippen LogP contribution in [0.4, 0.5) is 10.5 Å². The summed E-state index contributed by atoms with van der Waals surface area (Å²) in [4.78, 5) is 51.1. The minimum Gasteiger partial charge on any atom is -0.325 e. The van der Waals surface area contributed by atoms with Gasteiger partial charge < -0.3 is 5.32 Å². The van der Waals surface area contributed by atoms with Crippen molar-refractivity contribution < 1.29 is 19.2 Å². The number of anilines is 1. The zero-order valence-electron chi connectivity index (χ0n) is 15.0. The molecule has 0 atom stereocenters. The fourth-order valence-corrected chi connectivity index (χ4v) is 3.38. The van der Waals surface area contributed by atoms with Gasteiger partial charge in [-0.1, -0.05) is 32.0 Å². The smallest absolute Gasteiger partial charge is 0.325 e. The number of urea groups is 1. The number of nitrogens with one attached hydrogen (secondary N) is 1. The molecule has 1 saturated heterocycles. The van der Waals surface area contributed by atoms with Crippen molar-refractivity contribution in [1.29, 1.82) is 0 Å². The molecular weight excluding hydrogens is 366 g/mol. The first kappa shape index (κ1) is 18.8. The van der Waals surface area contributed by atoms with Crippen molar-refractivity contribution >= 4 is 40.8 Å². The monoisotopic (exact) mass is 385 g/mol. The van der Waals surface area contributed by atoms with Crippen LogP contribution in [0.1, 0.15) is 30.2 Å². The minimum atomic E-state index is -0.984. The van der Waals surface area contributed by atoms with Gasteiger partial charge in [-0.2, -0.15) is 0 Å². The van der Waals surface area contributed by atoms with E-state index in [0.29, 0.717) is 16.5 Å². The summed E-state index contributed by atoms with van der Waals surface area (Å²) in [6, 6.07) is 10.1. The highest BCUT2D eigenvalue weighted by molar-refractivity contribution is 7.09. The summed E-state index contributed by atoms with van der Waals surface area (Å²) in [7, 11) is 0. The predicted molar refractivity (Wildman–Crippen MR) is 101 cm³/mol. The van der Waals surface area contributed by atoms with Gasteiger partial charge in [-0.15, -0.1) is 11.3 Å². The number of rotatable bonds is 6. The molecule has 1 N–H and O–H groups in total. The van der Waals surface area contributed by atoms with Crippen LogP contribution in [-0.2, 0) is 20.9 Å². The molecule has 7 nitrogen and oxygen atoms in total. The van der Waals surface area contributed by atoms with E-state index in [0.717, 1.165) is 15.3 Å². The van der Waals surface area contributed by atoms with Crippen LogP contribution in [0.15, 0.2) is 41.8 Å². The van der Waals surface area contributed by atoms with Gasteiger partial charge in [0.25, 0.3) is 0 Å². The molecule has 140 valence electrons. The highest BCUT2D eigenvalue weighted by atomic mass is 32.1. The molecule has 0 spiro atoms. The number of carbonyl (C=O) groups excluding carboxylic acids is 4. The van der Waals surface area contributed by atoms with Crippen LogP contribution < -0.4 is 5.32 Å². The molecule has 1 aliphatic rings. The van der Waals surface area contributed by atoms with Crippen LogP contribution in [0.25, 0.3) is 0 Å². The van der Waals surface area contributed by atoms with Gasteiger partial charge in [0.2, 0.25) is 5.91 Å². The number of hydrogen-bond donors (Lipinski definition) is 1. The fraction of sp³-hybridized carbons (Fsp3) is 0.263. The summed E-state index contributed by atoms with van der Waals surface area (Å²) < 4.78 is 0. The second kappa shape index (κ2) is 7.71. The van der Waals surface area contributed by atoms with Gasteiger partial charge in [-0.25, -0.2) is 9.69 Å². The molecule has 1 aromatic carbocycles. The standard InChI is InChI=1S/C19H19N3O4S/c1-12(2)13-5-7-14(8-6-13)20-16(23)11-22-18(25)17(24)21(19(22)26)10-15-4-3-9-27-15/h3-9,12H,10-11H2,1-2H3,(H,20,23). The Morgan fingerprint density at radius 2 is 1.70 bits per heavy atom. The summed E-state index contributed by atoms with van der Waals surface area (Å²) in [6.07, 6.45) is 0. The lowest BCUT2D eigenvalue weighted by Gasteiger charge is -2.15. The summed E-state index contributed by atoms with van der Waals surface area (Å²) >= 11 is 1.38. The van der Waals surface area contributed by atoms with Gasteiger partial charge in [0.05, 0.1) is 6.54 Å². The number of amides is 5. The van der Waals surface area contributed by atoms with Crippen molar-refractivity contribution in [3.63, 3.8) is 0 Å². The van der Waals surface area contributed by atoms with Crippen molar-refractivity contribution in [3.8, 4) is 0 Å². The molecule has 8 heteroatoms. The Kier molecular flexibility index (Phi) is 5.36. The molecule has 0 saturated carbocycles. The van der Waals surface area contributed by atoms with Crippen molar-refractivity contribution in [2.75, 3.05) is 11.9 Å². The first-order valence-corrected chi connectivity index (χ1v) is 9.34. The SMILES string of the molecule is CC(C)c1ccc(NC(=O)CN2C(=O)C(=O)N(Cc3cccs3)C2=O)cc1. The number of benzene rings is 1. The molecular formula is C19H19N3O4S. The predicted octanol–water partition coefficient (Wildman–Crippen LogP) is 2.80. The maximum Gasteiger partial charge on any atom is 0.335 e. The molecule has 0 bridgehead atoms. The Labute approximate surface area is 160 Å². The van der Waals surface area contributed by atoms with Gasteiger partial charge in [0.15, 0.2) is 0 Å².